The van der Waals surface area contributed by atoms with Gasteiger partial charge in [-0.1, -0.05) is 6.92 Å². The summed E-state index contributed by atoms with van der Waals surface area (Å²) < 4.78 is 10.6. The van der Waals surface area contributed by atoms with Crippen molar-refractivity contribution < 1.29 is 14.6 Å². The first-order valence-electron chi connectivity index (χ1n) is 5.48. The minimum Gasteiger partial charge on any atom is -0.476 e. The molecular formula is C10H18N4O3. The molecule has 0 saturated heterocycles. The standard InChI is InChI=1S/C10H18N4O3/c1-2-5-16-8-7(11)9(14-10(12)13-8)17-6-3-4-15/h15H,2-6,11H2,1H3,(H2,12,13,14). The van der Waals surface area contributed by atoms with E-state index in [1.165, 1.54) is 0 Å². The van der Waals surface area contributed by atoms with Crippen LogP contribution in [-0.2, 0) is 0 Å². The van der Waals surface area contributed by atoms with E-state index in [0.29, 0.717) is 19.6 Å². The van der Waals surface area contributed by atoms with E-state index in [0.717, 1.165) is 6.42 Å². The summed E-state index contributed by atoms with van der Waals surface area (Å²) in [5.74, 6) is 0.472. The summed E-state index contributed by atoms with van der Waals surface area (Å²) >= 11 is 0. The minimum absolute atomic E-state index is 0.0413. The van der Waals surface area contributed by atoms with Crippen LogP contribution in [0.2, 0.25) is 0 Å². The van der Waals surface area contributed by atoms with E-state index in [2.05, 4.69) is 9.97 Å². The second-order valence-corrected chi connectivity index (χ2v) is 3.38. The lowest BCUT2D eigenvalue weighted by Crippen LogP contribution is -2.10. The molecule has 0 fully saturated rings. The highest BCUT2D eigenvalue weighted by atomic mass is 16.5. The Morgan fingerprint density at radius 3 is 2.24 bits per heavy atom. The lowest BCUT2D eigenvalue weighted by atomic mass is 10.4. The maximum Gasteiger partial charge on any atom is 0.246 e. The molecule has 7 heteroatoms. The normalized spacial score (nSPS) is 10.2. The number of rotatable bonds is 7. The van der Waals surface area contributed by atoms with Crippen LogP contribution in [0, 0.1) is 0 Å². The highest BCUT2D eigenvalue weighted by Crippen LogP contribution is 2.28. The second-order valence-electron chi connectivity index (χ2n) is 3.38. The molecule has 0 spiro atoms. The van der Waals surface area contributed by atoms with E-state index in [1.807, 2.05) is 6.92 Å². The van der Waals surface area contributed by atoms with Crippen molar-refractivity contribution in [2.75, 3.05) is 31.3 Å². The molecule has 0 aliphatic heterocycles. The van der Waals surface area contributed by atoms with Crippen molar-refractivity contribution >= 4 is 11.6 Å². The number of aliphatic hydroxyl groups excluding tert-OH is 1. The van der Waals surface area contributed by atoms with Crippen LogP contribution in [0.15, 0.2) is 0 Å². The van der Waals surface area contributed by atoms with Crippen molar-refractivity contribution in [3.05, 3.63) is 0 Å². The van der Waals surface area contributed by atoms with E-state index in [4.69, 9.17) is 26.0 Å². The fourth-order valence-electron chi connectivity index (χ4n) is 1.10. The Morgan fingerprint density at radius 1 is 1.12 bits per heavy atom. The third-order valence-corrected chi connectivity index (χ3v) is 1.88. The van der Waals surface area contributed by atoms with Gasteiger partial charge in [0.15, 0.2) is 5.69 Å². The Kier molecular flexibility index (Phi) is 5.28. The van der Waals surface area contributed by atoms with Gasteiger partial charge in [-0.3, -0.25) is 0 Å². The lowest BCUT2D eigenvalue weighted by Gasteiger charge is -2.11. The van der Waals surface area contributed by atoms with Gasteiger partial charge in [0.1, 0.15) is 0 Å². The van der Waals surface area contributed by atoms with Crippen LogP contribution in [0.3, 0.4) is 0 Å². The van der Waals surface area contributed by atoms with Crippen LogP contribution in [0.5, 0.6) is 11.8 Å². The van der Waals surface area contributed by atoms with Gasteiger partial charge in [-0.2, -0.15) is 9.97 Å². The van der Waals surface area contributed by atoms with Gasteiger partial charge in [-0.25, -0.2) is 0 Å². The molecular weight excluding hydrogens is 224 g/mol. The van der Waals surface area contributed by atoms with Gasteiger partial charge in [0.05, 0.1) is 13.2 Å². The van der Waals surface area contributed by atoms with Gasteiger partial charge in [-0.15, -0.1) is 0 Å². The number of hydrogen-bond donors (Lipinski definition) is 3. The lowest BCUT2D eigenvalue weighted by molar-refractivity contribution is 0.228. The monoisotopic (exact) mass is 242 g/mol. The fourth-order valence-corrected chi connectivity index (χ4v) is 1.10. The largest absolute Gasteiger partial charge is 0.476 e. The molecule has 96 valence electrons. The topological polar surface area (TPSA) is 117 Å². The highest BCUT2D eigenvalue weighted by molar-refractivity contribution is 5.58. The summed E-state index contributed by atoms with van der Waals surface area (Å²) in [7, 11) is 0. The zero-order valence-electron chi connectivity index (χ0n) is 9.85. The minimum atomic E-state index is 0.0413. The Hall–Kier alpha value is -1.76. The first-order chi connectivity index (χ1) is 8.19. The zero-order valence-corrected chi connectivity index (χ0v) is 9.85. The Bertz CT molecular complexity index is 360. The van der Waals surface area contributed by atoms with Crippen molar-refractivity contribution in [1.82, 2.24) is 9.97 Å². The fraction of sp³-hybridized carbons (Fsp3) is 0.600. The molecule has 7 nitrogen and oxygen atoms in total. The molecule has 0 aromatic carbocycles. The molecule has 0 unspecified atom stereocenters. The average Bonchev–Trinajstić information content (AvgIpc) is 2.31. The summed E-state index contributed by atoms with van der Waals surface area (Å²) in [6.07, 6.45) is 1.33. The number of anilines is 2. The number of aromatic nitrogens is 2. The van der Waals surface area contributed by atoms with Crippen molar-refractivity contribution in [1.29, 1.82) is 0 Å². The molecule has 0 amide bonds. The van der Waals surface area contributed by atoms with Crippen molar-refractivity contribution in [2.24, 2.45) is 0 Å². The number of ether oxygens (including phenoxy) is 2. The van der Waals surface area contributed by atoms with Crippen LogP contribution >= 0.6 is 0 Å². The third-order valence-electron chi connectivity index (χ3n) is 1.88. The molecule has 0 aliphatic rings. The van der Waals surface area contributed by atoms with E-state index in [9.17, 15) is 0 Å². The molecule has 1 aromatic heterocycles. The maximum atomic E-state index is 8.65. The molecule has 5 N–H and O–H groups in total. The maximum absolute atomic E-state index is 8.65. The van der Waals surface area contributed by atoms with Gasteiger partial charge in [0.2, 0.25) is 17.7 Å². The van der Waals surface area contributed by atoms with Gasteiger partial charge >= 0.3 is 0 Å². The van der Waals surface area contributed by atoms with Gasteiger partial charge < -0.3 is 26.0 Å². The Labute approximate surface area is 99.8 Å². The summed E-state index contributed by atoms with van der Waals surface area (Å²) in [6, 6.07) is 0. The summed E-state index contributed by atoms with van der Waals surface area (Å²) in [5, 5.41) is 8.65. The molecule has 0 aliphatic carbocycles. The van der Waals surface area contributed by atoms with Crippen molar-refractivity contribution in [3.8, 4) is 11.8 Å². The average molecular weight is 242 g/mol. The smallest absolute Gasteiger partial charge is 0.246 e. The molecule has 0 saturated carbocycles. The highest BCUT2D eigenvalue weighted by Gasteiger charge is 2.12. The van der Waals surface area contributed by atoms with Crippen LogP contribution in [0.1, 0.15) is 19.8 Å². The quantitative estimate of drug-likeness (QED) is 0.584. The second kappa shape index (κ2) is 6.74. The summed E-state index contributed by atoms with van der Waals surface area (Å²) in [5.41, 5.74) is 11.5. The molecule has 0 atom stereocenters. The van der Waals surface area contributed by atoms with Crippen molar-refractivity contribution in [3.63, 3.8) is 0 Å². The SMILES string of the molecule is CCCOc1nc(N)nc(OCCCO)c1N. The van der Waals surface area contributed by atoms with Crippen LogP contribution in [0.4, 0.5) is 11.6 Å². The van der Waals surface area contributed by atoms with Crippen LogP contribution < -0.4 is 20.9 Å². The molecule has 0 radical (unpaired) electrons. The summed E-state index contributed by atoms with van der Waals surface area (Å²) in [4.78, 5) is 7.76. The molecule has 1 aromatic rings. The van der Waals surface area contributed by atoms with Gasteiger partial charge in [0, 0.05) is 13.0 Å². The molecule has 0 bridgehead atoms. The first-order valence-corrected chi connectivity index (χ1v) is 5.48. The van der Waals surface area contributed by atoms with E-state index in [1.54, 1.807) is 0 Å². The number of nitrogens with zero attached hydrogens (tertiary/aromatic N) is 2. The zero-order chi connectivity index (χ0) is 12.7. The summed E-state index contributed by atoms with van der Waals surface area (Å²) in [6.45, 7) is 2.82. The Balaban J connectivity index is 2.77. The van der Waals surface area contributed by atoms with E-state index in [-0.39, 0.29) is 30.0 Å². The third kappa shape index (κ3) is 3.95. The Morgan fingerprint density at radius 2 is 1.71 bits per heavy atom. The predicted molar refractivity (Wildman–Crippen MR) is 63.8 cm³/mol. The molecule has 17 heavy (non-hydrogen) atoms. The van der Waals surface area contributed by atoms with E-state index >= 15 is 0 Å². The number of hydrogen-bond acceptors (Lipinski definition) is 7. The molecule has 1 rings (SSSR count). The van der Waals surface area contributed by atoms with E-state index < -0.39 is 0 Å². The molecule has 1 heterocycles. The number of nitrogens with two attached hydrogens (primary N) is 2. The van der Waals surface area contributed by atoms with Crippen LogP contribution in [0.25, 0.3) is 0 Å². The first kappa shape index (κ1) is 13.3. The van der Waals surface area contributed by atoms with Gasteiger partial charge in [0.25, 0.3) is 0 Å². The van der Waals surface area contributed by atoms with Gasteiger partial charge in [-0.05, 0) is 6.42 Å². The number of nitrogen functional groups attached to an aromatic ring is 2. The van der Waals surface area contributed by atoms with Crippen LogP contribution in [-0.4, -0.2) is 34.9 Å². The predicted octanol–water partition coefficient (Wildman–Crippen LogP) is 0.191. The van der Waals surface area contributed by atoms with Crippen molar-refractivity contribution in [2.45, 2.75) is 19.8 Å². The number of aliphatic hydroxyl groups is 1.